The van der Waals surface area contributed by atoms with E-state index in [0.29, 0.717) is 11.6 Å². The average molecular weight is 212 g/mol. The van der Waals surface area contributed by atoms with Crippen molar-refractivity contribution in [2.75, 3.05) is 24.2 Å². The molecule has 0 bridgehead atoms. The zero-order valence-corrected chi connectivity index (χ0v) is 9.62. The number of aliphatic hydroxyl groups is 1. The Morgan fingerprint density at radius 2 is 2.27 bits per heavy atom. The number of aromatic nitrogens is 2. The highest BCUT2D eigenvalue weighted by atomic mass is 16.3. The number of nitrogen functional groups attached to an aromatic ring is 1. The van der Waals surface area contributed by atoms with Crippen LogP contribution in [0.4, 0.5) is 11.5 Å². The quantitative estimate of drug-likeness (QED) is 0.673. The number of nitrogens with one attached hydrogen (secondary N) is 1. The summed E-state index contributed by atoms with van der Waals surface area (Å²) in [7, 11) is 1.86. The average Bonchev–Trinajstić information content (AvgIpc) is 2.40. The Morgan fingerprint density at radius 3 is 2.73 bits per heavy atom. The van der Waals surface area contributed by atoms with Crippen molar-refractivity contribution in [3.63, 3.8) is 0 Å². The van der Waals surface area contributed by atoms with E-state index in [1.807, 2.05) is 14.0 Å². The molecule has 1 heterocycles. The van der Waals surface area contributed by atoms with Gasteiger partial charge in [0.1, 0.15) is 5.82 Å². The predicted molar refractivity (Wildman–Crippen MR) is 61.7 cm³/mol. The van der Waals surface area contributed by atoms with Gasteiger partial charge in [0.15, 0.2) is 0 Å². The molecule has 1 atom stereocenters. The van der Waals surface area contributed by atoms with Crippen molar-refractivity contribution in [3.05, 3.63) is 5.69 Å². The van der Waals surface area contributed by atoms with E-state index in [9.17, 15) is 0 Å². The third-order valence-corrected chi connectivity index (χ3v) is 2.51. The normalized spacial score (nSPS) is 12.8. The van der Waals surface area contributed by atoms with E-state index in [2.05, 4.69) is 17.3 Å². The Bertz CT molecular complexity index is 321. The van der Waals surface area contributed by atoms with Crippen LogP contribution in [-0.2, 0) is 7.05 Å². The Balaban J connectivity index is 2.57. The lowest BCUT2D eigenvalue weighted by Crippen LogP contribution is -2.15. The van der Waals surface area contributed by atoms with Crippen LogP contribution >= 0.6 is 0 Å². The highest BCUT2D eigenvalue weighted by Gasteiger charge is 2.10. The first-order valence-electron chi connectivity index (χ1n) is 5.20. The van der Waals surface area contributed by atoms with Crippen molar-refractivity contribution in [2.24, 2.45) is 13.0 Å². The molecule has 0 radical (unpaired) electrons. The highest BCUT2D eigenvalue weighted by Crippen LogP contribution is 2.21. The number of hydrogen-bond acceptors (Lipinski definition) is 4. The topological polar surface area (TPSA) is 76.1 Å². The summed E-state index contributed by atoms with van der Waals surface area (Å²) in [6.07, 6.45) is 0.795. The molecule has 4 N–H and O–H groups in total. The zero-order chi connectivity index (χ0) is 11.4. The molecule has 1 unspecified atom stereocenters. The maximum atomic E-state index is 8.78. The SMILES string of the molecule is Cc1nn(C)c(NCC(C)CCO)c1N. The highest BCUT2D eigenvalue weighted by molar-refractivity contribution is 5.64. The molecule has 1 aromatic rings. The number of hydrogen-bond donors (Lipinski definition) is 3. The van der Waals surface area contributed by atoms with E-state index in [1.165, 1.54) is 0 Å². The van der Waals surface area contributed by atoms with Crippen molar-refractivity contribution < 1.29 is 5.11 Å². The van der Waals surface area contributed by atoms with E-state index in [1.54, 1.807) is 4.68 Å². The van der Waals surface area contributed by atoms with E-state index < -0.39 is 0 Å². The van der Waals surface area contributed by atoms with Crippen LogP contribution in [0.1, 0.15) is 19.0 Å². The monoisotopic (exact) mass is 212 g/mol. The second kappa shape index (κ2) is 5.02. The van der Waals surface area contributed by atoms with Gasteiger partial charge in [-0.25, -0.2) is 0 Å². The van der Waals surface area contributed by atoms with Crippen molar-refractivity contribution in [1.82, 2.24) is 9.78 Å². The van der Waals surface area contributed by atoms with Crippen molar-refractivity contribution in [3.8, 4) is 0 Å². The number of aliphatic hydroxyl groups excluding tert-OH is 1. The molecule has 0 amide bonds. The molecule has 0 saturated carbocycles. The molecule has 1 rings (SSSR count). The Labute approximate surface area is 90.3 Å². The summed E-state index contributed by atoms with van der Waals surface area (Å²) < 4.78 is 1.75. The first kappa shape index (κ1) is 11.8. The third-order valence-electron chi connectivity index (χ3n) is 2.51. The van der Waals surface area contributed by atoms with Crippen LogP contribution in [0.5, 0.6) is 0 Å². The summed E-state index contributed by atoms with van der Waals surface area (Å²) in [5.74, 6) is 1.28. The third kappa shape index (κ3) is 2.86. The first-order chi connectivity index (χ1) is 7.06. The molecule has 5 nitrogen and oxygen atoms in total. The minimum absolute atomic E-state index is 0.225. The van der Waals surface area contributed by atoms with Gasteiger partial charge in [0.25, 0.3) is 0 Å². The van der Waals surface area contributed by atoms with Gasteiger partial charge in [-0.3, -0.25) is 4.68 Å². The second-order valence-corrected chi connectivity index (χ2v) is 3.97. The Kier molecular flexibility index (Phi) is 3.96. The molecular weight excluding hydrogens is 192 g/mol. The lowest BCUT2D eigenvalue weighted by molar-refractivity contribution is 0.265. The Hall–Kier alpha value is -1.23. The zero-order valence-electron chi connectivity index (χ0n) is 9.62. The van der Waals surface area contributed by atoms with Gasteiger partial charge in [0, 0.05) is 20.2 Å². The molecule has 1 aromatic heterocycles. The van der Waals surface area contributed by atoms with Gasteiger partial charge < -0.3 is 16.2 Å². The van der Waals surface area contributed by atoms with Crippen molar-refractivity contribution in [2.45, 2.75) is 20.3 Å². The van der Waals surface area contributed by atoms with Crippen LogP contribution < -0.4 is 11.1 Å². The lowest BCUT2D eigenvalue weighted by atomic mass is 10.1. The van der Waals surface area contributed by atoms with E-state index in [0.717, 1.165) is 24.5 Å². The van der Waals surface area contributed by atoms with E-state index in [4.69, 9.17) is 10.8 Å². The van der Waals surface area contributed by atoms with Gasteiger partial charge in [-0.1, -0.05) is 6.92 Å². The molecule has 15 heavy (non-hydrogen) atoms. The predicted octanol–water partition coefficient (Wildman–Crippen LogP) is 0.741. The molecule has 0 aromatic carbocycles. The fourth-order valence-electron chi connectivity index (χ4n) is 1.48. The second-order valence-electron chi connectivity index (χ2n) is 3.97. The summed E-state index contributed by atoms with van der Waals surface area (Å²) >= 11 is 0. The van der Waals surface area contributed by atoms with Gasteiger partial charge in [0.2, 0.25) is 0 Å². The lowest BCUT2D eigenvalue weighted by Gasteiger charge is -2.12. The maximum absolute atomic E-state index is 8.78. The van der Waals surface area contributed by atoms with Gasteiger partial charge in [-0.2, -0.15) is 5.10 Å². The van der Waals surface area contributed by atoms with Gasteiger partial charge in [0.05, 0.1) is 11.4 Å². The van der Waals surface area contributed by atoms with E-state index in [-0.39, 0.29) is 6.61 Å². The number of nitrogens with zero attached hydrogens (tertiary/aromatic N) is 2. The molecule has 0 aliphatic heterocycles. The summed E-state index contributed by atoms with van der Waals surface area (Å²) in [6.45, 7) is 4.99. The molecule has 5 heteroatoms. The van der Waals surface area contributed by atoms with Gasteiger partial charge in [-0.05, 0) is 19.3 Å². The standard InChI is InChI=1S/C10H20N4O/c1-7(4-5-15)6-12-10-9(11)8(2)13-14(10)3/h7,12,15H,4-6,11H2,1-3H3. The van der Waals surface area contributed by atoms with E-state index >= 15 is 0 Å². The summed E-state index contributed by atoms with van der Waals surface area (Å²) in [6, 6.07) is 0. The van der Waals surface area contributed by atoms with Crippen LogP contribution in [-0.4, -0.2) is 28.0 Å². The number of nitrogens with two attached hydrogens (primary N) is 1. The molecule has 0 spiro atoms. The molecular formula is C10H20N4O. The van der Waals surface area contributed by atoms with Gasteiger partial charge >= 0.3 is 0 Å². The fourth-order valence-corrected chi connectivity index (χ4v) is 1.48. The number of rotatable bonds is 5. The van der Waals surface area contributed by atoms with Crippen LogP contribution in [0.3, 0.4) is 0 Å². The molecule has 0 saturated heterocycles. The fraction of sp³-hybridized carbons (Fsp3) is 0.700. The number of anilines is 2. The smallest absolute Gasteiger partial charge is 0.147 e. The van der Waals surface area contributed by atoms with Crippen molar-refractivity contribution in [1.29, 1.82) is 0 Å². The van der Waals surface area contributed by atoms with Crippen molar-refractivity contribution >= 4 is 11.5 Å². The molecule has 86 valence electrons. The Morgan fingerprint density at radius 1 is 1.60 bits per heavy atom. The molecule has 0 fully saturated rings. The molecule has 0 aliphatic rings. The minimum Gasteiger partial charge on any atom is -0.396 e. The number of aryl methyl sites for hydroxylation is 2. The largest absolute Gasteiger partial charge is 0.396 e. The van der Waals surface area contributed by atoms with Crippen LogP contribution in [0, 0.1) is 12.8 Å². The summed E-state index contributed by atoms with van der Waals surface area (Å²) in [5.41, 5.74) is 7.41. The van der Waals surface area contributed by atoms with Crippen LogP contribution in [0.25, 0.3) is 0 Å². The van der Waals surface area contributed by atoms with Gasteiger partial charge in [-0.15, -0.1) is 0 Å². The summed E-state index contributed by atoms with van der Waals surface area (Å²) in [4.78, 5) is 0. The maximum Gasteiger partial charge on any atom is 0.147 e. The molecule has 0 aliphatic carbocycles. The minimum atomic E-state index is 0.225. The van der Waals surface area contributed by atoms with Crippen LogP contribution in [0.15, 0.2) is 0 Å². The first-order valence-corrected chi connectivity index (χ1v) is 5.20. The van der Waals surface area contributed by atoms with Crippen LogP contribution in [0.2, 0.25) is 0 Å². The summed E-state index contributed by atoms with van der Waals surface area (Å²) in [5, 5.41) is 16.2.